The van der Waals surface area contributed by atoms with Crippen LogP contribution < -0.4 is 5.32 Å². The molecule has 1 saturated carbocycles. The Hall–Kier alpha value is -1.62. The summed E-state index contributed by atoms with van der Waals surface area (Å²) in [4.78, 5) is 28.4. The van der Waals surface area contributed by atoms with Crippen LogP contribution in [0.25, 0.3) is 0 Å². The van der Waals surface area contributed by atoms with Gasteiger partial charge in [-0.1, -0.05) is 58.3 Å². The third-order valence-electron chi connectivity index (χ3n) is 7.47. The number of alkyl halides is 1. The zero-order valence-corrected chi connectivity index (χ0v) is 21.6. The predicted octanol–water partition coefficient (Wildman–Crippen LogP) is 5.63. The van der Waals surface area contributed by atoms with Gasteiger partial charge in [0.05, 0.1) is 5.38 Å². The van der Waals surface area contributed by atoms with Crippen LogP contribution in [0.5, 0.6) is 0 Å². The molecule has 5 nitrogen and oxygen atoms in total. The lowest BCUT2D eigenvalue weighted by Gasteiger charge is -2.35. The van der Waals surface area contributed by atoms with E-state index in [1.54, 1.807) is 0 Å². The maximum atomic E-state index is 13.6. The Bertz CT molecular complexity index is 792. The van der Waals surface area contributed by atoms with Crippen molar-refractivity contribution >= 4 is 29.1 Å². The van der Waals surface area contributed by atoms with Crippen molar-refractivity contribution < 1.29 is 9.59 Å². The summed E-state index contributed by atoms with van der Waals surface area (Å²) in [5.74, 6) is 0.734. The number of carbonyl (C=O) groups excluding carboxylic acids is 2. The Kier molecular flexibility index (Phi) is 8.82. The summed E-state index contributed by atoms with van der Waals surface area (Å²) in [6.45, 7) is 8.80. The molecule has 4 unspecified atom stereocenters. The summed E-state index contributed by atoms with van der Waals surface area (Å²) in [5, 5.41) is 11.6. The number of hydrogen-bond acceptors (Lipinski definition) is 3. The third kappa shape index (κ3) is 7.18. The number of allylic oxidation sites excluding steroid dienone is 4. The van der Waals surface area contributed by atoms with Crippen molar-refractivity contribution in [3.05, 3.63) is 23.8 Å². The first-order chi connectivity index (χ1) is 15.5. The van der Waals surface area contributed by atoms with E-state index < -0.39 is 6.04 Å². The number of carbonyl (C=O) groups is 2. The molecule has 6 heteroatoms. The van der Waals surface area contributed by atoms with Gasteiger partial charge in [-0.2, -0.15) is 0 Å². The zero-order chi connectivity index (χ0) is 24.2. The van der Waals surface area contributed by atoms with Crippen molar-refractivity contribution in [2.45, 2.75) is 103 Å². The lowest BCUT2D eigenvalue weighted by molar-refractivity contribution is -0.140. The van der Waals surface area contributed by atoms with Crippen molar-refractivity contribution in [2.24, 2.45) is 17.3 Å². The monoisotopic (exact) mass is 475 g/mol. The van der Waals surface area contributed by atoms with Crippen molar-refractivity contribution in [1.29, 1.82) is 5.41 Å². The summed E-state index contributed by atoms with van der Waals surface area (Å²) >= 11 is 6.23. The average Bonchev–Trinajstić information content (AvgIpc) is 3.11. The van der Waals surface area contributed by atoms with E-state index in [0.29, 0.717) is 37.4 Å². The molecule has 2 aliphatic carbocycles. The van der Waals surface area contributed by atoms with Crippen LogP contribution in [0, 0.1) is 22.7 Å². The minimum absolute atomic E-state index is 0.00766. The Morgan fingerprint density at radius 1 is 1.18 bits per heavy atom. The highest BCUT2D eigenvalue weighted by Gasteiger charge is 2.41. The van der Waals surface area contributed by atoms with Crippen LogP contribution in [-0.2, 0) is 9.59 Å². The molecule has 1 aliphatic heterocycles. The molecule has 0 aromatic rings. The lowest BCUT2D eigenvalue weighted by atomic mass is 9.84. The summed E-state index contributed by atoms with van der Waals surface area (Å²) in [6, 6.07) is -0.422. The second-order valence-electron chi connectivity index (χ2n) is 11.5. The number of hydrogen-bond donors (Lipinski definition) is 2. The second kappa shape index (κ2) is 11.2. The van der Waals surface area contributed by atoms with Crippen molar-refractivity contribution in [1.82, 2.24) is 10.2 Å². The van der Waals surface area contributed by atoms with E-state index >= 15 is 0 Å². The maximum Gasteiger partial charge on any atom is 0.245 e. The summed E-state index contributed by atoms with van der Waals surface area (Å²) < 4.78 is 0. The highest BCUT2D eigenvalue weighted by molar-refractivity contribution is 6.22. The number of nitrogens with one attached hydrogen (secondary N) is 2. The zero-order valence-electron chi connectivity index (χ0n) is 20.8. The Morgan fingerprint density at radius 2 is 1.88 bits per heavy atom. The number of rotatable bonds is 7. The standard InChI is InChI=1S/C27H42ClN3O2/c1-18-13-20(14-23(29)21-11-8-12-22(28)16-21)17-31(18)26(33)25(27(2,3)4)30-24(32)15-19-9-6-5-7-10-19/h8,11-12,18-20,22,25,29H,5-7,9-10,13-17H2,1-4H3,(H,30,32). The highest BCUT2D eigenvalue weighted by Crippen LogP contribution is 2.32. The first kappa shape index (κ1) is 26.0. The quantitative estimate of drug-likeness (QED) is 0.370. The predicted molar refractivity (Wildman–Crippen MR) is 136 cm³/mol. The maximum absolute atomic E-state index is 13.6. The molecular formula is C27H42ClN3O2. The van der Waals surface area contributed by atoms with E-state index in [2.05, 4.69) is 12.2 Å². The minimum Gasteiger partial charge on any atom is -0.344 e. The van der Waals surface area contributed by atoms with Gasteiger partial charge >= 0.3 is 0 Å². The van der Waals surface area contributed by atoms with Crippen molar-refractivity contribution in [3.8, 4) is 0 Å². The number of halogens is 1. The van der Waals surface area contributed by atoms with Crippen LogP contribution in [-0.4, -0.2) is 46.4 Å². The first-order valence-corrected chi connectivity index (χ1v) is 13.2. The van der Waals surface area contributed by atoms with Crippen LogP contribution in [0.1, 0.15) is 85.5 Å². The highest BCUT2D eigenvalue weighted by atomic mass is 35.5. The molecule has 2 fully saturated rings. The van der Waals surface area contributed by atoms with Crippen LogP contribution in [0.3, 0.4) is 0 Å². The Balaban J connectivity index is 1.60. The average molecular weight is 476 g/mol. The fourth-order valence-electron chi connectivity index (χ4n) is 5.57. The number of likely N-dealkylation sites (tertiary alicyclic amines) is 1. The minimum atomic E-state index is -0.530. The van der Waals surface area contributed by atoms with Gasteiger partial charge in [-0.25, -0.2) is 0 Å². The molecule has 2 amide bonds. The van der Waals surface area contributed by atoms with Crippen LogP contribution in [0.15, 0.2) is 23.8 Å². The summed E-state index contributed by atoms with van der Waals surface area (Å²) in [5.41, 5.74) is 1.26. The van der Waals surface area contributed by atoms with Gasteiger partial charge < -0.3 is 15.6 Å². The fourth-order valence-corrected chi connectivity index (χ4v) is 5.82. The molecule has 3 rings (SSSR count). The van der Waals surface area contributed by atoms with Gasteiger partial charge in [0, 0.05) is 24.7 Å². The number of amides is 2. The van der Waals surface area contributed by atoms with Gasteiger partial charge in [-0.05, 0) is 61.9 Å². The molecule has 0 aromatic heterocycles. The van der Waals surface area contributed by atoms with Gasteiger partial charge in [-0.15, -0.1) is 11.6 Å². The van der Waals surface area contributed by atoms with Crippen LogP contribution in [0.4, 0.5) is 0 Å². The molecule has 1 saturated heterocycles. The van der Waals surface area contributed by atoms with E-state index in [9.17, 15) is 9.59 Å². The van der Waals surface area contributed by atoms with E-state index in [0.717, 1.165) is 24.8 Å². The van der Waals surface area contributed by atoms with E-state index in [-0.39, 0.29) is 34.6 Å². The second-order valence-corrected chi connectivity index (χ2v) is 12.1. The van der Waals surface area contributed by atoms with Crippen LogP contribution in [0.2, 0.25) is 0 Å². The topological polar surface area (TPSA) is 73.3 Å². The SMILES string of the molecule is CC1CC(CC(=N)C2=CC=CC(Cl)C2)CN1C(=O)C(NC(=O)CC1CCCCC1)C(C)(C)C. The van der Waals surface area contributed by atoms with Gasteiger partial charge in [0.25, 0.3) is 0 Å². The van der Waals surface area contributed by atoms with Gasteiger partial charge in [0.2, 0.25) is 11.8 Å². The summed E-state index contributed by atoms with van der Waals surface area (Å²) in [6.07, 6.45) is 14.6. The molecule has 0 radical (unpaired) electrons. The van der Waals surface area contributed by atoms with E-state index in [1.807, 2.05) is 43.9 Å². The first-order valence-electron chi connectivity index (χ1n) is 12.7. The van der Waals surface area contributed by atoms with Crippen LogP contribution >= 0.6 is 11.6 Å². The lowest BCUT2D eigenvalue weighted by Crippen LogP contribution is -2.55. The van der Waals surface area contributed by atoms with Crippen molar-refractivity contribution in [3.63, 3.8) is 0 Å². The molecule has 33 heavy (non-hydrogen) atoms. The normalized spacial score (nSPS) is 27.2. The van der Waals surface area contributed by atoms with Gasteiger partial charge in [0.1, 0.15) is 6.04 Å². The molecule has 0 bridgehead atoms. The van der Waals surface area contributed by atoms with Gasteiger partial charge in [-0.3, -0.25) is 9.59 Å². The largest absolute Gasteiger partial charge is 0.344 e. The van der Waals surface area contributed by atoms with E-state index in [4.69, 9.17) is 17.0 Å². The molecule has 2 N–H and O–H groups in total. The summed E-state index contributed by atoms with van der Waals surface area (Å²) in [7, 11) is 0. The Morgan fingerprint density at radius 3 is 2.52 bits per heavy atom. The number of nitrogens with zero attached hydrogens (tertiary/aromatic N) is 1. The molecule has 1 heterocycles. The van der Waals surface area contributed by atoms with Crippen molar-refractivity contribution in [2.75, 3.05) is 6.54 Å². The molecule has 184 valence electrons. The Labute approximate surface area is 204 Å². The fraction of sp³-hybridized carbons (Fsp3) is 0.741. The molecular weight excluding hydrogens is 434 g/mol. The molecule has 4 atom stereocenters. The smallest absolute Gasteiger partial charge is 0.245 e. The molecule has 0 aromatic carbocycles. The molecule has 3 aliphatic rings. The van der Waals surface area contributed by atoms with Gasteiger partial charge in [0.15, 0.2) is 0 Å². The van der Waals surface area contributed by atoms with E-state index in [1.165, 1.54) is 19.3 Å². The third-order valence-corrected chi connectivity index (χ3v) is 7.77. The molecule has 0 spiro atoms.